The summed E-state index contributed by atoms with van der Waals surface area (Å²) in [5.74, 6) is 0. The van der Waals surface area contributed by atoms with Crippen LogP contribution in [-0.4, -0.2) is 37.9 Å². The van der Waals surface area contributed by atoms with E-state index in [9.17, 15) is 21.6 Å². The molecule has 1 aliphatic heterocycles. The Bertz CT molecular complexity index is 782. The average molecular weight is 396 g/mol. The minimum Gasteiger partial charge on any atom is -0.315 e. The van der Waals surface area contributed by atoms with Crippen molar-refractivity contribution in [3.05, 3.63) is 29.3 Å². The van der Waals surface area contributed by atoms with Crippen molar-refractivity contribution in [2.24, 2.45) is 0 Å². The van der Waals surface area contributed by atoms with Gasteiger partial charge in [0, 0.05) is 18.6 Å². The Kier molecular flexibility index (Phi) is 5.68. The Morgan fingerprint density at radius 1 is 1.20 bits per heavy atom. The van der Waals surface area contributed by atoms with Crippen LogP contribution in [0.25, 0.3) is 0 Å². The van der Waals surface area contributed by atoms with E-state index in [1.54, 1.807) is 0 Å². The summed E-state index contributed by atoms with van der Waals surface area (Å²) in [4.78, 5) is -0.258. The monoisotopic (exact) mass is 395 g/mol. The summed E-state index contributed by atoms with van der Waals surface area (Å²) in [7, 11) is -3.94. The molecule has 10 heteroatoms. The molecule has 2 aliphatic rings. The number of halogens is 4. The van der Waals surface area contributed by atoms with Gasteiger partial charge in [-0.25, -0.2) is 8.42 Å². The van der Waals surface area contributed by atoms with Gasteiger partial charge >= 0.3 is 6.18 Å². The van der Waals surface area contributed by atoms with Crippen molar-refractivity contribution >= 4 is 22.4 Å². The van der Waals surface area contributed by atoms with Crippen LogP contribution in [0.4, 0.5) is 13.2 Å². The highest BCUT2D eigenvalue weighted by Gasteiger charge is 2.44. The number of hydrogen-bond donors (Lipinski definition) is 1. The van der Waals surface area contributed by atoms with Crippen LogP contribution >= 0.6 is 12.4 Å². The van der Waals surface area contributed by atoms with Crippen molar-refractivity contribution in [3.63, 3.8) is 0 Å². The molecule has 0 bridgehead atoms. The van der Waals surface area contributed by atoms with E-state index in [2.05, 4.69) is 5.32 Å². The van der Waals surface area contributed by atoms with Crippen LogP contribution < -0.4 is 5.32 Å². The normalized spacial score (nSPS) is 21.0. The molecule has 1 aromatic carbocycles. The average Bonchev–Trinajstić information content (AvgIpc) is 3.19. The van der Waals surface area contributed by atoms with E-state index < -0.39 is 27.3 Å². The molecule has 3 rings (SSSR count). The van der Waals surface area contributed by atoms with Crippen molar-refractivity contribution in [1.29, 1.82) is 5.26 Å². The molecule has 138 valence electrons. The minimum absolute atomic E-state index is 0. The van der Waals surface area contributed by atoms with Crippen LogP contribution in [0.5, 0.6) is 0 Å². The SMILES string of the molecule is Cl.N#Cc1cc(S(=O)(=O)N(C2CC2)C2CCNC2)ccc1C(F)(F)F. The van der Waals surface area contributed by atoms with Gasteiger partial charge < -0.3 is 5.32 Å². The Balaban J connectivity index is 0.00000225. The molecule has 0 spiro atoms. The second-order valence-electron chi connectivity index (χ2n) is 6.03. The van der Waals surface area contributed by atoms with Gasteiger partial charge in [-0.1, -0.05) is 0 Å². The number of rotatable bonds is 4. The lowest BCUT2D eigenvalue weighted by Crippen LogP contribution is -2.43. The number of alkyl halides is 3. The maximum atomic E-state index is 12.9. The largest absolute Gasteiger partial charge is 0.417 e. The third-order valence-corrected chi connectivity index (χ3v) is 6.29. The number of benzene rings is 1. The van der Waals surface area contributed by atoms with Crippen molar-refractivity contribution in [1.82, 2.24) is 9.62 Å². The second-order valence-corrected chi connectivity index (χ2v) is 7.87. The van der Waals surface area contributed by atoms with E-state index >= 15 is 0 Å². The van der Waals surface area contributed by atoms with Gasteiger partial charge in [-0.05, 0) is 44.0 Å². The topological polar surface area (TPSA) is 73.2 Å². The van der Waals surface area contributed by atoms with Gasteiger partial charge in [-0.3, -0.25) is 0 Å². The molecule has 0 amide bonds. The van der Waals surface area contributed by atoms with Crippen LogP contribution in [0.2, 0.25) is 0 Å². The smallest absolute Gasteiger partial charge is 0.315 e. The highest BCUT2D eigenvalue weighted by molar-refractivity contribution is 7.89. The van der Waals surface area contributed by atoms with Gasteiger partial charge in [0.05, 0.1) is 22.1 Å². The molecule has 1 saturated carbocycles. The summed E-state index contributed by atoms with van der Waals surface area (Å²) in [5, 5.41) is 12.1. The van der Waals surface area contributed by atoms with Crippen LogP contribution in [0.3, 0.4) is 0 Å². The first kappa shape index (κ1) is 20.0. The fourth-order valence-corrected chi connectivity index (χ4v) is 4.95. The summed E-state index contributed by atoms with van der Waals surface area (Å²) in [6, 6.07) is 3.59. The first-order chi connectivity index (χ1) is 11.2. The van der Waals surface area contributed by atoms with E-state index in [1.165, 1.54) is 10.4 Å². The van der Waals surface area contributed by atoms with E-state index in [-0.39, 0.29) is 29.4 Å². The summed E-state index contributed by atoms with van der Waals surface area (Å²) < 4.78 is 65.9. The standard InChI is InChI=1S/C15H16F3N3O2S.ClH/c16-15(17,18)14-4-3-13(7-10(14)8-19)24(22,23)21(11-1-2-11)12-5-6-20-9-12;/h3-4,7,11-12,20H,1-2,5-6,9H2;1H. The summed E-state index contributed by atoms with van der Waals surface area (Å²) in [5.41, 5.74) is -1.80. The molecular formula is C15H17ClF3N3O2S. The van der Waals surface area contributed by atoms with Gasteiger partial charge in [-0.2, -0.15) is 22.7 Å². The molecule has 5 nitrogen and oxygen atoms in total. The van der Waals surface area contributed by atoms with Crippen LogP contribution in [0, 0.1) is 11.3 Å². The maximum absolute atomic E-state index is 12.9. The third-order valence-electron chi connectivity index (χ3n) is 4.29. The van der Waals surface area contributed by atoms with E-state index in [1.807, 2.05) is 0 Å². The third kappa shape index (κ3) is 3.92. The lowest BCUT2D eigenvalue weighted by Gasteiger charge is -2.27. The number of nitrogens with one attached hydrogen (secondary N) is 1. The Morgan fingerprint density at radius 3 is 2.36 bits per heavy atom. The highest BCUT2D eigenvalue weighted by Crippen LogP contribution is 2.37. The number of sulfonamides is 1. The maximum Gasteiger partial charge on any atom is 0.417 e. The fraction of sp³-hybridized carbons (Fsp3) is 0.533. The van der Waals surface area contributed by atoms with Crippen molar-refractivity contribution in [2.75, 3.05) is 13.1 Å². The Morgan fingerprint density at radius 2 is 1.88 bits per heavy atom. The number of hydrogen-bond acceptors (Lipinski definition) is 4. The summed E-state index contributed by atoms with van der Waals surface area (Å²) >= 11 is 0. The lowest BCUT2D eigenvalue weighted by atomic mass is 10.1. The van der Waals surface area contributed by atoms with Crippen molar-refractivity contribution in [3.8, 4) is 6.07 Å². The first-order valence-electron chi connectivity index (χ1n) is 7.61. The van der Waals surface area contributed by atoms with Crippen LogP contribution in [-0.2, 0) is 16.2 Å². The van der Waals surface area contributed by atoms with Gasteiger partial charge in [0.25, 0.3) is 0 Å². The molecule has 1 aliphatic carbocycles. The zero-order valence-electron chi connectivity index (χ0n) is 13.1. The van der Waals surface area contributed by atoms with Crippen molar-refractivity contribution in [2.45, 2.75) is 42.4 Å². The molecule has 2 fully saturated rings. The van der Waals surface area contributed by atoms with E-state index in [4.69, 9.17) is 5.26 Å². The molecule has 1 saturated heterocycles. The van der Waals surface area contributed by atoms with Crippen LogP contribution in [0.15, 0.2) is 23.1 Å². The van der Waals surface area contributed by atoms with Gasteiger partial charge in [0.15, 0.2) is 0 Å². The van der Waals surface area contributed by atoms with E-state index in [0.29, 0.717) is 25.6 Å². The molecule has 0 aromatic heterocycles. The molecule has 25 heavy (non-hydrogen) atoms. The summed E-state index contributed by atoms with van der Waals surface area (Å²) in [6.07, 6.45) is -2.52. The van der Waals surface area contributed by atoms with Gasteiger partial charge in [0.1, 0.15) is 0 Å². The predicted octanol–water partition coefficient (Wildman–Crippen LogP) is 2.51. The molecule has 1 N–H and O–H groups in total. The minimum atomic E-state index is -4.70. The molecule has 1 unspecified atom stereocenters. The van der Waals surface area contributed by atoms with Crippen LogP contribution in [0.1, 0.15) is 30.4 Å². The first-order valence-corrected chi connectivity index (χ1v) is 9.05. The van der Waals surface area contributed by atoms with Gasteiger partial charge in [0.2, 0.25) is 10.0 Å². The predicted molar refractivity (Wildman–Crippen MR) is 86.7 cm³/mol. The number of nitriles is 1. The molecule has 1 aromatic rings. The lowest BCUT2D eigenvalue weighted by molar-refractivity contribution is -0.137. The molecule has 1 atom stereocenters. The van der Waals surface area contributed by atoms with E-state index in [0.717, 1.165) is 25.0 Å². The summed E-state index contributed by atoms with van der Waals surface area (Å²) in [6.45, 7) is 1.24. The number of nitrogens with zero attached hydrogens (tertiary/aromatic N) is 2. The van der Waals surface area contributed by atoms with Crippen molar-refractivity contribution < 1.29 is 21.6 Å². The van der Waals surface area contributed by atoms with Gasteiger partial charge in [-0.15, -0.1) is 12.4 Å². The fourth-order valence-electron chi connectivity index (χ4n) is 3.02. The molecular weight excluding hydrogens is 379 g/mol. The highest BCUT2D eigenvalue weighted by atomic mass is 35.5. The molecule has 1 heterocycles. The second kappa shape index (κ2) is 7.11. The molecule has 0 radical (unpaired) electrons. The quantitative estimate of drug-likeness (QED) is 0.850. The zero-order valence-corrected chi connectivity index (χ0v) is 14.7. The Hall–Kier alpha value is -1.34. The zero-order chi connectivity index (χ0) is 17.5. The Labute approximate surface area is 150 Å².